The van der Waals surface area contributed by atoms with Gasteiger partial charge in [-0.3, -0.25) is 0 Å². The molecule has 0 fully saturated rings. The molecule has 106 valence electrons. The number of rotatable bonds is 4. The number of fused-ring (bicyclic) bond motifs is 1. The molecule has 0 amide bonds. The van der Waals surface area contributed by atoms with E-state index in [0.29, 0.717) is 12.1 Å². The monoisotopic (exact) mass is 273 g/mol. The van der Waals surface area contributed by atoms with Crippen LogP contribution in [-0.4, -0.2) is 18.8 Å². The lowest BCUT2D eigenvalue weighted by Gasteiger charge is -2.20. The van der Waals surface area contributed by atoms with Gasteiger partial charge in [0.25, 0.3) is 0 Å². The van der Waals surface area contributed by atoms with Gasteiger partial charge in [-0.1, -0.05) is 19.1 Å². The van der Waals surface area contributed by atoms with Crippen molar-refractivity contribution < 1.29 is 17.9 Å². The van der Waals surface area contributed by atoms with Crippen LogP contribution in [0, 0.1) is 0 Å². The molecule has 2 atom stereocenters. The number of benzene rings is 1. The highest BCUT2D eigenvalue weighted by atomic mass is 19.4. The summed E-state index contributed by atoms with van der Waals surface area (Å²) in [7, 11) is 0. The Hall–Kier alpha value is -1.23. The topological polar surface area (TPSA) is 21.3 Å². The molecule has 19 heavy (non-hydrogen) atoms. The standard InChI is InChI=1S/C14H18F3NO/c1-3-18-12(8-14(15,16)17)10-4-5-13-11(7-10)6-9(2)19-13/h4-5,7,9,12,18H,3,6,8H2,1-2H3. The van der Waals surface area contributed by atoms with Gasteiger partial charge in [-0.2, -0.15) is 13.2 Å². The van der Waals surface area contributed by atoms with Crippen molar-refractivity contribution in [1.82, 2.24) is 5.32 Å². The predicted octanol–water partition coefficient (Wildman–Crippen LogP) is 3.61. The number of alkyl halides is 3. The third-order valence-corrected chi connectivity index (χ3v) is 3.21. The maximum absolute atomic E-state index is 12.6. The van der Waals surface area contributed by atoms with Gasteiger partial charge in [-0.25, -0.2) is 0 Å². The van der Waals surface area contributed by atoms with Gasteiger partial charge in [0.15, 0.2) is 0 Å². The minimum absolute atomic E-state index is 0.102. The van der Waals surface area contributed by atoms with E-state index < -0.39 is 18.6 Å². The SMILES string of the molecule is CCNC(CC(F)(F)F)c1ccc2c(c1)CC(C)O2. The van der Waals surface area contributed by atoms with Gasteiger partial charge in [0.2, 0.25) is 0 Å². The Bertz CT molecular complexity index is 445. The molecule has 0 bridgehead atoms. The number of hydrogen-bond acceptors (Lipinski definition) is 2. The summed E-state index contributed by atoms with van der Waals surface area (Å²) in [6.45, 7) is 4.27. The molecular weight excluding hydrogens is 255 g/mol. The molecule has 0 spiro atoms. The molecule has 1 N–H and O–H groups in total. The fourth-order valence-electron chi connectivity index (χ4n) is 2.44. The zero-order valence-corrected chi connectivity index (χ0v) is 11.1. The molecule has 2 nitrogen and oxygen atoms in total. The third-order valence-electron chi connectivity index (χ3n) is 3.21. The first kappa shape index (κ1) is 14.2. The van der Waals surface area contributed by atoms with E-state index in [4.69, 9.17) is 4.74 Å². The summed E-state index contributed by atoms with van der Waals surface area (Å²) in [5.41, 5.74) is 1.67. The maximum Gasteiger partial charge on any atom is 0.390 e. The van der Waals surface area contributed by atoms with Crippen LogP contribution in [0.4, 0.5) is 13.2 Å². The van der Waals surface area contributed by atoms with Gasteiger partial charge in [-0.05, 0) is 30.7 Å². The molecule has 0 saturated heterocycles. The van der Waals surface area contributed by atoms with Crippen LogP contribution in [0.15, 0.2) is 18.2 Å². The predicted molar refractivity (Wildman–Crippen MR) is 67.3 cm³/mol. The summed E-state index contributed by atoms with van der Waals surface area (Å²) in [4.78, 5) is 0. The van der Waals surface area contributed by atoms with E-state index in [1.165, 1.54) is 0 Å². The number of halogens is 3. The molecule has 1 aromatic carbocycles. The van der Waals surface area contributed by atoms with Crippen LogP contribution in [0.5, 0.6) is 5.75 Å². The quantitative estimate of drug-likeness (QED) is 0.904. The van der Waals surface area contributed by atoms with Gasteiger partial charge in [0.05, 0.1) is 6.42 Å². The number of ether oxygens (including phenoxy) is 1. The van der Waals surface area contributed by atoms with Crippen molar-refractivity contribution in [2.45, 2.75) is 45.0 Å². The highest BCUT2D eigenvalue weighted by Crippen LogP contribution is 2.34. The molecule has 0 saturated carbocycles. The first-order valence-electron chi connectivity index (χ1n) is 6.48. The molecule has 0 radical (unpaired) electrons. The average Bonchev–Trinajstić information content (AvgIpc) is 2.65. The molecule has 5 heteroatoms. The van der Waals surface area contributed by atoms with Crippen LogP contribution in [0.3, 0.4) is 0 Å². The summed E-state index contributed by atoms with van der Waals surface area (Å²) >= 11 is 0. The fourth-order valence-corrected chi connectivity index (χ4v) is 2.44. The van der Waals surface area contributed by atoms with E-state index in [1.807, 2.05) is 19.9 Å². The van der Waals surface area contributed by atoms with Crippen LogP contribution < -0.4 is 10.1 Å². The molecule has 0 aliphatic carbocycles. The van der Waals surface area contributed by atoms with E-state index in [9.17, 15) is 13.2 Å². The van der Waals surface area contributed by atoms with Crippen molar-refractivity contribution in [3.05, 3.63) is 29.3 Å². The van der Waals surface area contributed by atoms with Gasteiger partial charge in [0.1, 0.15) is 11.9 Å². The first-order chi connectivity index (χ1) is 8.89. The summed E-state index contributed by atoms with van der Waals surface area (Å²) in [5, 5.41) is 2.90. The largest absolute Gasteiger partial charge is 0.490 e. The molecule has 2 rings (SSSR count). The van der Waals surface area contributed by atoms with E-state index in [-0.39, 0.29) is 6.10 Å². The first-order valence-corrected chi connectivity index (χ1v) is 6.48. The molecule has 2 unspecified atom stereocenters. The fraction of sp³-hybridized carbons (Fsp3) is 0.571. The number of nitrogens with one attached hydrogen (secondary N) is 1. The summed E-state index contributed by atoms with van der Waals surface area (Å²) in [6, 6.07) is 4.63. The van der Waals surface area contributed by atoms with Crippen molar-refractivity contribution >= 4 is 0 Å². The second-order valence-corrected chi connectivity index (χ2v) is 4.93. The molecule has 0 aromatic heterocycles. The highest BCUT2D eigenvalue weighted by molar-refractivity contribution is 5.41. The highest BCUT2D eigenvalue weighted by Gasteiger charge is 2.32. The summed E-state index contributed by atoms with van der Waals surface area (Å²) in [5.74, 6) is 0.790. The Morgan fingerprint density at radius 1 is 1.42 bits per heavy atom. The van der Waals surface area contributed by atoms with Crippen LogP contribution in [0.1, 0.15) is 37.4 Å². The van der Waals surface area contributed by atoms with Gasteiger partial charge < -0.3 is 10.1 Å². The Balaban J connectivity index is 2.20. The van der Waals surface area contributed by atoms with E-state index >= 15 is 0 Å². The van der Waals surface area contributed by atoms with Crippen molar-refractivity contribution in [1.29, 1.82) is 0 Å². The molecule has 1 aromatic rings. The van der Waals surface area contributed by atoms with Crippen molar-refractivity contribution in [3.63, 3.8) is 0 Å². The van der Waals surface area contributed by atoms with Crippen LogP contribution in [0.25, 0.3) is 0 Å². The molecular formula is C14H18F3NO. The smallest absolute Gasteiger partial charge is 0.390 e. The van der Waals surface area contributed by atoms with Crippen molar-refractivity contribution in [2.24, 2.45) is 0 Å². The molecule has 1 heterocycles. The Kier molecular flexibility index (Phi) is 4.04. The van der Waals surface area contributed by atoms with Crippen LogP contribution in [0.2, 0.25) is 0 Å². The second kappa shape index (κ2) is 5.41. The minimum Gasteiger partial charge on any atom is -0.490 e. The lowest BCUT2D eigenvalue weighted by atomic mass is 9.99. The Morgan fingerprint density at radius 3 is 2.79 bits per heavy atom. The van der Waals surface area contributed by atoms with Crippen LogP contribution >= 0.6 is 0 Å². The van der Waals surface area contributed by atoms with Crippen molar-refractivity contribution in [2.75, 3.05) is 6.54 Å². The Labute approximate surface area is 111 Å². The molecule has 1 aliphatic heterocycles. The summed E-state index contributed by atoms with van der Waals surface area (Å²) < 4.78 is 43.3. The minimum atomic E-state index is -4.17. The third kappa shape index (κ3) is 3.62. The lowest BCUT2D eigenvalue weighted by molar-refractivity contribution is -0.140. The van der Waals surface area contributed by atoms with Gasteiger partial charge in [0, 0.05) is 12.5 Å². The molecule has 1 aliphatic rings. The zero-order chi connectivity index (χ0) is 14.0. The Morgan fingerprint density at radius 2 is 2.16 bits per heavy atom. The van der Waals surface area contributed by atoms with Crippen molar-refractivity contribution in [3.8, 4) is 5.75 Å². The summed E-state index contributed by atoms with van der Waals surface area (Å²) in [6.07, 6.45) is -4.16. The van der Waals surface area contributed by atoms with E-state index in [1.54, 1.807) is 12.1 Å². The zero-order valence-electron chi connectivity index (χ0n) is 11.1. The van der Waals surface area contributed by atoms with Gasteiger partial charge >= 0.3 is 6.18 Å². The number of hydrogen-bond donors (Lipinski definition) is 1. The van der Waals surface area contributed by atoms with Gasteiger partial charge in [-0.15, -0.1) is 0 Å². The van der Waals surface area contributed by atoms with E-state index in [0.717, 1.165) is 17.7 Å². The van der Waals surface area contributed by atoms with E-state index in [2.05, 4.69) is 5.32 Å². The normalized spacial score (nSPS) is 19.9. The lowest BCUT2D eigenvalue weighted by Crippen LogP contribution is -2.26. The maximum atomic E-state index is 12.6. The second-order valence-electron chi connectivity index (χ2n) is 4.93. The average molecular weight is 273 g/mol. The van der Waals surface area contributed by atoms with Crippen LogP contribution in [-0.2, 0) is 6.42 Å².